The van der Waals surface area contributed by atoms with Crippen LogP contribution in [-0.2, 0) is 6.42 Å². The van der Waals surface area contributed by atoms with E-state index in [1.165, 1.54) is 42.7 Å². The van der Waals surface area contributed by atoms with E-state index in [2.05, 4.69) is 64.7 Å². The van der Waals surface area contributed by atoms with Crippen molar-refractivity contribution >= 4 is 11.6 Å². The summed E-state index contributed by atoms with van der Waals surface area (Å²) in [6.07, 6.45) is 7.19. The molecule has 0 radical (unpaired) electrons. The second kappa shape index (κ2) is 9.95. The van der Waals surface area contributed by atoms with Gasteiger partial charge >= 0.3 is 0 Å². The van der Waals surface area contributed by atoms with E-state index in [1.54, 1.807) is 6.20 Å². The first-order chi connectivity index (χ1) is 13.3. The molecule has 144 valence electrons. The first-order valence-electron chi connectivity index (χ1n) is 10.0. The molecule has 3 rings (SSSR count). The maximum atomic E-state index is 4.73. The molecule has 2 heterocycles. The fraction of sp³-hybridized carbons (Fsp3) is 0.455. The summed E-state index contributed by atoms with van der Waals surface area (Å²) in [7, 11) is 0. The lowest BCUT2D eigenvalue weighted by atomic mass is 10.1. The van der Waals surface area contributed by atoms with Crippen molar-refractivity contribution in [1.82, 2.24) is 15.6 Å². The van der Waals surface area contributed by atoms with Crippen LogP contribution in [-0.4, -0.2) is 37.1 Å². The van der Waals surface area contributed by atoms with Crippen LogP contribution in [0.25, 0.3) is 0 Å². The predicted molar refractivity (Wildman–Crippen MR) is 113 cm³/mol. The van der Waals surface area contributed by atoms with Crippen molar-refractivity contribution in [2.24, 2.45) is 4.99 Å². The molecule has 1 saturated heterocycles. The van der Waals surface area contributed by atoms with Gasteiger partial charge < -0.3 is 15.5 Å². The Morgan fingerprint density at radius 2 is 2.07 bits per heavy atom. The summed E-state index contributed by atoms with van der Waals surface area (Å²) < 4.78 is 0. The van der Waals surface area contributed by atoms with Gasteiger partial charge in [0.15, 0.2) is 5.96 Å². The highest BCUT2D eigenvalue weighted by molar-refractivity contribution is 5.80. The molecule has 1 aliphatic heterocycles. The molecule has 0 saturated carbocycles. The molecule has 1 fully saturated rings. The topological polar surface area (TPSA) is 52.6 Å². The molecule has 5 nitrogen and oxygen atoms in total. The zero-order chi connectivity index (χ0) is 18.9. The summed E-state index contributed by atoms with van der Waals surface area (Å²) in [5, 5.41) is 6.90. The van der Waals surface area contributed by atoms with Crippen molar-refractivity contribution < 1.29 is 0 Å². The van der Waals surface area contributed by atoms with E-state index in [-0.39, 0.29) is 6.04 Å². The summed E-state index contributed by atoms with van der Waals surface area (Å²) in [4.78, 5) is 11.4. The second-order valence-corrected chi connectivity index (χ2v) is 7.03. The summed E-state index contributed by atoms with van der Waals surface area (Å²) in [5.41, 5.74) is 3.83. The zero-order valence-corrected chi connectivity index (χ0v) is 16.5. The minimum Gasteiger partial charge on any atom is -0.372 e. The highest BCUT2D eigenvalue weighted by Gasteiger charge is 2.14. The third kappa shape index (κ3) is 5.71. The minimum absolute atomic E-state index is 0.198. The zero-order valence-electron chi connectivity index (χ0n) is 16.5. The van der Waals surface area contributed by atoms with E-state index in [1.807, 2.05) is 12.3 Å². The average Bonchev–Trinajstić information content (AvgIpc) is 3.24. The Kier molecular flexibility index (Phi) is 7.08. The Balaban J connectivity index is 1.61. The number of aliphatic imine (C=N–C) groups is 1. The Bertz CT molecular complexity index is 722. The summed E-state index contributed by atoms with van der Waals surface area (Å²) >= 11 is 0. The van der Waals surface area contributed by atoms with Gasteiger partial charge in [-0.3, -0.25) is 9.98 Å². The Labute approximate surface area is 162 Å². The van der Waals surface area contributed by atoms with Crippen LogP contribution in [0.15, 0.2) is 53.8 Å². The third-order valence-corrected chi connectivity index (χ3v) is 4.93. The number of rotatable bonds is 7. The van der Waals surface area contributed by atoms with Gasteiger partial charge in [-0.25, -0.2) is 0 Å². The predicted octanol–water partition coefficient (Wildman–Crippen LogP) is 3.54. The first-order valence-corrected chi connectivity index (χ1v) is 10.0. The number of hydrogen-bond donors (Lipinski definition) is 2. The smallest absolute Gasteiger partial charge is 0.191 e. The maximum absolute atomic E-state index is 4.73. The van der Waals surface area contributed by atoms with Crippen molar-refractivity contribution in [3.05, 3.63) is 59.9 Å². The number of guanidine groups is 1. The molecule has 0 spiro atoms. The van der Waals surface area contributed by atoms with Crippen molar-refractivity contribution in [3.8, 4) is 0 Å². The molecule has 1 unspecified atom stereocenters. The summed E-state index contributed by atoms with van der Waals surface area (Å²) in [6.45, 7) is 8.21. The fourth-order valence-electron chi connectivity index (χ4n) is 3.42. The van der Waals surface area contributed by atoms with Crippen molar-refractivity contribution in [1.29, 1.82) is 0 Å². The second-order valence-electron chi connectivity index (χ2n) is 7.03. The maximum Gasteiger partial charge on any atom is 0.191 e. The Morgan fingerprint density at radius 1 is 1.22 bits per heavy atom. The van der Waals surface area contributed by atoms with Gasteiger partial charge in [0, 0.05) is 44.3 Å². The Hall–Kier alpha value is -2.56. The van der Waals surface area contributed by atoms with Gasteiger partial charge in [0.25, 0.3) is 0 Å². The van der Waals surface area contributed by atoms with Gasteiger partial charge in [0.2, 0.25) is 0 Å². The lowest BCUT2D eigenvalue weighted by molar-refractivity contribution is 0.685. The van der Waals surface area contributed by atoms with Crippen LogP contribution in [0.1, 0.15) is 43.9 Å². The number of aromatic nitrogens is 1. The van der Waals surface area contributed by atoms with Crippen molar-refractivity contribution in [2.45, 2.75) is 39.2 Å². The first kappa shape index (κ1) is 19.2. The van der Waals surface area contributed by atoms with Gasteiger partial charge in [-0.05, 0) is 62.4 Å². The molecule has 2 aromatic rings. The lowest BCUT2D eigenvalue weighted by Crippen LogP contribution is -2.39. The molecule has 0 aliphatic carbocycles. The standard InChI is InChI=1S/C22H31N5/c1-3-24-22(25-13-11-19-8-7-12-23-17-19)26-18(2)20-9-6-10-21(16-20)27-14-4-5-15-27/h6-10,12,16-18H,3-5,11,13-15H2,1-2H3,(H2,24,25,26). The SMILES string of the molecule is CCNC(=NCCc1cccnc1)NC(C)c1cccc(N2CCCC2)c1. The Morgan fingerprint density at radius 3 is 2.81 bits per heavy atom. The molecule has 27 heavy (non-hydrogen) atoms. The van der Waals surface area contributed by atoms with Gasteiger partial charge in [0.05, 0.1) is 6.04 Å². The minimum atomic E-state index is 0.198. The van der Waals surface area contributed by atoms with E-state index >= 15 is 0 Å². The van der Waals surface area contributed by atoms with Crippen LogP contribution in [0.5, 0.6) is 0 Å². The number of anilines is 1. The molecule has 0 bridgehead atoms. The average molecular weight is 366 g/mol. The summed E-state index contributed by atoms with van der Waals surface area (Å²) in [5.74, 6) is 0.862. The van der Waals surface area contributed by atoms with Crippen LogP contribution in [0.3, 0.4) is 0 Å². The van der Waals surface area contributed by atoms with Crippen LogP contribution < -0.4 is 15.5 Å². The largest absolute Gasteiger partial charge is 0.372 e. The lowest BCUT2D eigenvalue weighted by Gasteiger charge is -2.22. The normalized spacial score (nSPS) is 15.6. The number of nitrogens with one attached hydrogen (secondary N) is 2. The highest BCUT2D eigenvalue weighted by Crippen LogP contribution is 2.23. The molecule has 1 atom stereocenters. The van der Waals surface area contributed by atoms with Crippen LogP contribution in [0.2, 0.25) is 0 Å². The summed E-state index contributed by atoms with van der Waals surface area (Å²) in [6, 6.07) is 13.1. The molecule has 2 N–H and O–H groups in total. The molecule has 1 aliphatic rings. The van der Waals surface area contributed by atoms with Crippen LogP contribution in [0, 0.1) is 0 Å². The van der Waals surface area contributed by atoms with Gasteiger partial charge in [-0.15, -0.1) is 0 Å². The number of hydrogen-bond acceptors (Lipinski definition) is 3. The van der Waals surface area contributed by atoms with Gasteiger partial charge in [-0.1, -0.05) is 18.2 Å². The molecule has 1 aromatic heterocycles. The molecular formula is C22H31N5. The van der Waals surface area contributed by atoms with E-state index in [0.717, 1.165) is 25.5 Å². The van der Waals surface area contributed by atoms with Crippen LogP contribution in [0.4, 0.5) is 5.69 Å². The molecular weight excluding hydrogens is 334 g/mol. The number of benzene rings is 1. The van der Waals surface area contributed by atoms with E-state index in [4.69, 9.17) is 4.99 Å². The van der Waals surface area contributed by atoms with Gasteiger partial charge in [-0.2, -0.15) is 0 Å². The van der Waals surface area contributed by atoms with E-state index < -0.39 is 0 Å². The van der Waals surface area contributed by atoms with E-state index in [0.29, 0.717) is 0 Å². The van der Waals surface area contributed by atoms with Crippen molar-refractivity contribution in [3.63, 3.8) is 0 Å². The quantitative estimate of drug-likeness (QED) is 0.582. The molecule has 1 aromatic carbocycles. The van der Waals surface area contributed by atoms with Crippen molar-refractivity contribution in [2.75, 3.05) is 31.1 Å². The highest BCUT2D eigenvalue weighted by atomic mass is 15.2. The molecule has 0 amide bonds. The van der Waals surface area contributed by atoms with Crippen LogP contribution >= 0.6 is 0 Å². The third-order valence-electron chi connectivity index (χ3n) is 4.93. The number of pyridine rings is 1. The monoisotopic (exact) mass is 365 g/mol. The van der Waals surface area contributed by atoms with Gasteiger partial charge in [0.1, 0.15) is 0 Å². The molecule has 5 heteroatoms. The number of nitrogens with zero attached hydrogens (tertiary/aromatic N) is 3. The van der Waals surface area contributed by atoms with E-state index in [9.17, 15) is 0 Å². The fourth-order valence-corrected chi connectivity index (χ4v) is 3.42.